The monoisotopic (exact) mass is 357 g/mol. The molecule has 2 fully saturated rings. The molecule has 4 rings (SSSR count). The van der Waals surface area contributed by atoms with Crippen LogP contribution in [0, 0.1) is 5.92 Å². The molecule has 0 radical (unpaired) electrons. The zero-order valence-corrected chi connectivity index (χ0v) is 15.6. The molecule has 2 aromatic rings. The average Bonchev–Trinajstić information content (AvgIpc) is 3.11. The van der Waals surface area contributed by atoms with Gasteiger partial charge in [-0.15, -0.1) is 11.3 Å². The fourth-order valence-corrected chi connectivity index (χ4v) is 5.23. The summed E-state index contributed by atoms with van der Waals surface area (Å²) in [5.41, 5.74) is 1.11. The summed E-state index contributed by atoms with van der Waals surface area (Å²) in [5.74, 6) is 1.62. The highest BCUT2D eigenvalue weighted by Gasteiger charge is 2.26. The number of amides is 1. The Kier molecular flexibility index (Phi) is 5.32. The SMILES string of the molecule is O=C(CCC1CCNCC1)N1CCC(c2nc3ccccc3s2)CC1. The van der Waals surface area contributed by atoms with Crippen molar-refractivity contribution >= 4 is 27.5 Å². The predicted molar refractivity (Wildman–Crippen MR) is 103 cm³/mol. The van der Waals surface area contributed by atoms with Crippen molar-refractivity contribution in [2.24, 2.45) is 5.92 Å². The van der Waals surface area contributed by atoms with Gasteiger partial charge in [-0.05, 0) is 63.2 Å². The van der Waals surface area contributed by atoms with Crippen molar-refractivity contribution in [3.63, 3.8) is 0 Å². The Morgan fingerprint density at radius 3 is 2.68 bits per heavy atom. The highest BCUT2D eigenvalue weighted by molar-refractivity contribution is 7.18. The van der Waals surface area contributed by atoms with Crippen LogP contribution in [0.5, 0.6) is 0 Å². The molecule has 3 heterocycles. The van der Waals surface area contributed by atoms with E-state index < -0.39 is 0 Å². The van der Waals surface area contributed by atoms with Crippen molar-refractivity contribution in [1.29, 1.82) is 0 Å². The summed E-state index contributed by atoms with van der Waals surface area (Å²) in [4.78, 5) is 19.4. The van der Waals surface area contributed by atoms with Gasteiger partial charge in [0.1, 0.15) is 0 Å². The molecule has 25 heavy (non-hydrogen) atoms. The Morgan fingerprint density at radius 2 is 1.92 bits per heavy atom. The minimum atomic E-state index is 0.362. The van der Waals surface area contributed by atoms with Gasteiger partial charge >= 0.3 is 0 Å². The van der Waals surface area contributed by atoms with E-state index in [2.05, 4.69) is 34.5 Å². The summed E-state index contributed by atoms with van der Waals surface area (Å²) in [6.07, 6.45) is 6.37. The van der Waals surface area contributed by atoms with Gasteiger partial charge in [-0.2, -0.15) is 0 Å². The first-order valence-electron chi connectivity index (χ1n) is 9.63. The van der Waals surface area contributed by atoms with Crippen molar-refractivity contribution in [3.8, 4) is 0 Å². The van der Waals surface area contributed by atoms with Crippen LogP contribution in [-0.2, 0) is 4.79 Å². The number of rotatable bonds is 4. The summed E-state index contributed by atoms with van der Waals surface area (Å²) >= 11 is 1.82. The summed E-state index contributed by atoms with van der Waals surface area (Å²) in [5, 5.41) is 4.65. The zero-order valence-electron chi connectivity index (χ0n) is 14.7. The molecule has 1 aromatic carbocycles. The molecule has 0 unspecified atom stereocenters. The molecule has 0 atom stereocenters. The lowest BCUT2D eigenvalue weighted by Crippen LogP contribution is -2.38. The van der Waals surface area contributed by atoms with Crippen LogP contribution in [0.4, 0.5) is 0 Å². The smallest absolute Gasteiger partial charge is 0.222 e. The number of hydrogen-bond donors (Lipinski definition) is 1. The third-order valence-electron chi connectivity index (χ3n) is 5.73. The molecule has 2 aliphatic heterocycles. The number of aromatic nitrogens is 1. The molecule has 5 heteroatoms. The number of nitrogens with one attached hydrogen (secondary N) is 1. The van der Waals surface area contributed by atoms with E-state index in [9.17, 15) is 4.79 Å². The molecule has 1 amide bonds. The van der Waals surface area contributed by atoms with E-state index in [0.29, 0.717) is 11.8 Å². The predicted octanol–water partition coefficient (Wildman–Crippen LogP) is 3.78. The molecular formula is C20H27N3OS. The van der Waals surface area contributed by atoms with Gasteiger partial charge < -0.3 is 10.2 Å². The van der Waals surface area contributed by atoms with Crippen LogP contribution in [0.15, 0.2) is 24.3 Å². The average molecular weight is 358 g/mol. The highest BCUT2D eigenvalue weighted by Crippen LogP contribution is 2.34. The van der Waals surface area contributed by atoms with E-state index in [1.54, 1.807) is 0 Å². The van der Waals surface area contributed by atoms with Crippen LogP contribution in [-0.4, -0.2) is 42.0 Å². The largest absolute Gasteiger partial charge is 0.343 e. The summed E-state index contributed by atoms with van der Waals surface area (Å²) < 4.78 is 1.28. The number of nitrogens with zero attached hydrogens (tertiary/aromatic N) is 2. The van der Waals surface area contributed by atoms with E-state index >= 15 is 0 Å². The molecular weight excluding hydrogens is 330 g/mol. The molecule has 2 aliphatic rings. The first-order chi connectivity index (χ1) is 12.3. The lowest BCUT2D eigenvalue weighted by Gasteiger charge is -2.32. The highest BCUT2D eigenvalue weighted by atomic mass is 32.1. The molecule has 0 saturated carbocycles. The van der Waals surface area contributed by atoms with E-state index in [4.69, 9.17) is 4.98 Å². The quantitative estimate of drug-likeness (QED) is 0.906. The third-order valence-corrected chi connectivity index (χ3v) is 6.93. The number of para-hydroxylation sites is 1. The van der Waals surface area contributed by atoms with Crippen molar-refractivity contribution in [1.82, 2.24) is 15.2 Å². The van der Waals surface area contributed by atoms with Gasteiger partial charge in [-0.25, -0.2) is 4.98 Å². The van der Waals surface area contributed by atoms with Crippen LogP contribution < -0.4 is 5.32 Å². The number of benzene rings is 1. The molecule has 1 aromatic heterocycles. The van der Waals surface area contributed by atoms with Crippen LogP contribution in [0.3, 0.4) is 0 Å². The van der Waals surface area contributed by atoms with Crippen molar-refractivity contribution < 1.29 is 4.79 Å². The Bertz CT molecular complexity index is 682. The molecule has 1 N–H and O–H groups in total. The molecule has 4 nitrogen and oxygen atoms in total. The first-order valence-corrected chi connectivity index (χ1v) is 10.5. The van der Waals surface area contributed by atoms with Gasteiger partial charge in [-0.1, -0.05) is 12.1 Å². The van der Waals surface area contributed by atoms with Gasteiger partial charge in [-0.3, -0.25) is 4.79 Å². The van der Waals surface area contributed by atoms with Crippen molar-refractivity contribution in [2.45, 2.75) is 44.4 Å². The maximum Gasteiger partial charge on any atom is 0.222 e. The first kappa shape index (κ1) is 17.0. The molecule has 0 bridgehead atoms. The Labute approximate surface area is 153 Å². The van der Waals surface area contributed by atoms with Gasteiger partial charge in [0.15, 0.2) is 0 Å². The van der Waals surface area contributed by atoms with Gasteiger partial charge in [0.05, 0.1) is 15.2 Å². The van der Waals surface area contributed by atoms with Crippen LogP contribution >= 0.6 is 11.3 Å². The van der Waals surface area contributed by atoms with E-state index in [1.807, 2.05) is 11.3 Å². The number of hydrogen-bond acceptors (Lipinski definition) is 4. The van der Waals surface area contributed by atoms with Gasteiger partial charge in [0, 0.05) is 25.4 Å². The minimum Gasteiger partial charge on any atom is -0.343 e. The molecule has 0 aliphatic carbocycles. The number of thiazole rings is 1. The summed E-state index contributed by atoms with van der Waals surface area (Å²) in [7, 11) is 0. The van der Waals surface area contributed by atoms with Gasteiger partial charge in [0.25, 0.3) is 0 Å². The normalized spacial score (nSPS) is 20.2. The van der Waals surface area contributed by atoms with Crippen molar-refractivity contribution in [3.05, 3.63) is 29.3 Å². The second kappa shape index (κ2) is 7.83. The maximum atomic E-state index is 12.5. The Hall–Kier alpha value is -1.46. The number of piperidine rings is 2. The second-order valence-corrected chi connectivity index (χ2v) is 8.47. The number of carbonyl (C=O) groups excluding carboxylic acids is 1. The second-order valence-electron chi connectivity index (χ2n) is 7.41. The fourth-order valence-electron chi connectivity index (χ4n) is 4.10. The Balaban J connectivity index is 1.28. The van der Waals surface area contributed by atoms with Crippen LogP contribution in [0.1, 0.15) is 49.5 Å². The number of fused-ring (bicyclic) bond motifs is 1. The topological polar surface area (TPSA) is 45.2 Å². The summed E-state index contributed by atoms with van der Waals surface area (Å²) in [6, 6.07) is 8.37. The lowest BCUT2D eigenvalue weighted by atomic mass is 9.92. The molecule has 2 saturated heterocycles. The van der Waals surface area contributed by atoms with Crippen LogP contribution in [0.25, 0.3) is 10.2 Å². The standard InChI is InChI=1S/C20H27N3OS/c24-19(6-5-15-7-11-21-12-8-15)23-13-9-16(10-14-23)20-22-17-3-1-2-4-18(17)25-20/h1-4,15-16,21H,5-14H2. The van der Waals surface area contributed by atoms with E-state index in [-0.39, 0.29) is 0 Å². The van der Waals surface area contributed by atoms with E-state index in [1.165, 1.54) is 22.5 Å². The zero-order chi connectivity index (χ0) is 17.1. The number of carbonyl (C=O) groups is 1. The van der Waals surface area contributed by atoms with Gasteiger partial charge in [0.2, 0.25) is 5.91 Å². The molecule has 0 spiro atoms. The fraction of sp³-hybridized carbons (Fsp3) is 0.600. The lowest BCUT2D eigenvalue weighted by molar-refractivity contribution is -0.132. The molecule has 134 valence electrons. The van der Waals surface area contributed by atoms with Crippen LogP contribution in [0.2, 0.25) is 0 Å². The maximum absolute atomic E-state index is 12.5. The summed E-state index contributed by atoms with van der Waals surface area (Å²) in [6.45, 7) is 4.02. The van der Waals surface area contributed by atoms with E-state index in [0.717, 1.165) is 63.3 Å². The number of likely N-dealkylation sites (tertiary alicyclic amines) is 1. The minimum absolute atomic E-state index is 0.362. The Morgan fingerprint density at radius 1 is 1.16 bits per heavy atom. The van der Waals surface area contributed by atoms with Crippen molar-refractivity contribution in [2.75, 3.05) is 26.2 Å². The third kappa shape index (κ3) is 4.04.